The van der Waals surface area contributed by atoms with E-state index in [0.29, 0.717) is 82.6 Å². The van der Waals surface area contributed by atoms with Gasteiger partial charge in [0.05, 0.1) is 30.9 Å². The molecule has 4 aliphatic rings. The lowest BCUT2D eigenvalue weighted by atomic mass is 9.90. The maximum Gasteiger partial charge on any atom is 0.255 e. The summed E-state index contributed by atoms with van der Waals surface area (Å²) >= 11 is 0. The van der Waals surface area contributed by atoms with E-state index in [1.165, 1.54) is 16.2 Å². The Kier molecular flexibility index (Phi) is 8.66. The number of aromatic nitrogens is 1. The minimum absolute atomic E-state index is 0.0612. The number of hydrogen-bond acceptors (Lipinski definition) is 6. The first kappa shape index (κ1) is 29.5. The van der Waals surface area contributed by atoms with Crippen LogP contribution >= 0.6 is 0 Å². The number of nitrogens with zero attached hydrogens (tertiary/aromatic N) is 3. The van der Waals surface area contributed by atoms with Crippen molar-refractivity contribution in [3.63, 3.8) is 0 Å². The van der Waals surface area contributed by atoms with Crippen LogP contribution in [-0.2, 0) is 20.8 Å². The van der Waals surface area contributed by atoms with E-state index in [4.69, 9.17) is 9.47 Å². The number of carbonyl (C=O) groups is 2. The van der Waals surface area contributed by atoms with Crippen LogP contribution < -0.4 is 5.56 Å². The first-order valence-corrected chi connectivity index (χ1v) is 15.6. The molecule has 0 bridgehead atoms. The molecular formula is C34H41N3O6. The van der Waals surface area contributed by atoms with E-state index in [1.807, 2.05) is 35.2 Å². The third-order valence-electron chi connectivity index (χ3n) is 9.28. The van der Waals surface area contributed by atoms with E-state index in [0.717, 1.165) is 24.8 Å². The van der Waals surface area contributed by atoms with Crippen molar-refractivity contribution in [1.82, 2.24) is 14.4 Å². The van der Waals surface area contributed by atoms with Crippen molar-refractivity contribution in [3.8, 4) is 11.1 Å². The first-order chi connectivity index (χ1) is 20.8. The molecule has 2 amide bonds. The fraction of sp³-hybridized carbons (Fsp3) is 0.500. The summed E-state index contributed by atoms with van der Waals surface area (Å²) in [5.41, 5.74) is 1.57. The Morgan fingerprint density at radius 1 is 0.907 bits per heavy atom. The zero-order valence-corrected chi connectivity index (χ0v) is 24.7. The number of allylic oxidation sites excluding steroid dienone is 4. The standard InChI is InChI=1S/C34H41N3O6/c38-30(12-11-26-7-3-1-4-8-26)35-17-13-33(41,14-18-35)25-37-24-29(28(23-31(37)39)27-9-5-2-6-10-27)32(40)36-19-15-34(16-20-36)42-21-22-43-34/h2-3,5-10,23-24,41H,1,4,11-22,25H2. The lowest BCUT2D eigenvalue weighted by Crippen LogP contribution is -2.50. The molecule has 3 aliphatic heterocycles. The quantitative estimate of drug-likeness (QED) is 0.528. The first-order valence-electron chi connectivity index (χ1n) is 15.6. The Hall–Kier alpha value is -3.53. The molecule has 0 unspecified atom stereocenters. The van der Waals surface area contributed by atoms with Gasteiger partial charge in [0.25, 0.3) is 11.5 Å². The lowest BCUT2D eigenvalue weighted by Gasteiger charge is -2.39. The predicted molar refractivity (Wildman–Crippen MR) is 162 cm³/mol. The molecule has 1 N–H and O–H groups in total. The highest BCUT2D eigenvalue weighted by Gasteiger charge is 2.41. The van der Waals surface area contributed by atoms with E-state index >= 15 is 0 Å². The van der Waals surface area contributed by atoms with Crippen molar-refractivity contribution < 1.29 is 24.2 Å². The van der Waals surface area contributed by atoms with Crippen LogP contribution in [-0.4, -0.2) is 82.1 Å². The zero-order chi connectivity index (χ0) is 29.9. The highest BCUT2D eigenvalue weighted by atomic mass is 16.7. The van der Waals surface area contributed by atoms with Crippen molar-refractivity contribution in [3.05, 3.63) is 82.3 Å². The summed E-state index contributed by atoms with van der Waals surface area (Å²) in [6.45, 7) is 3.06. The highest BCUT2D eigenvalue weighted by Crippen LogP contribution is 2.33. The molecule has 3 fully saturated rings. The van der Waals surface area contributed by atoms with Gasteiger partial charge in [0.2, 0.25) is 5.91 Å². The zero-order valence-electron chi connectivity index (χ0n) is 24.7. The number of pyridine rings is 1. The summed E-state index contributed by atoms with van der Waals surface area (Å²) in [5, 5.41) is 11.5. The van der Waals surface area contributed by atoms with E-state index in [2.05, 4.69) is 18.2 Å². The minimum Gasteiger partial charge on any atom is -0.388 e. The Balaban J connectivity index is 1.16. The van der Waals surface area contributed by atoms with Gasteiger partial charge in [0.1, 0.15) is 0 Å². The fourth-order valence-electron chi connectivity index (χ4n) is 6.64. The number of rotatable bonds is 7. The molecule has 1 aromatic carbocycles. The van der Waals surface area contributed by atoms with Gasteiger partial charge >= 0.3 is 0 Å². The van der Waals surface area contributed by atoms with Gasteiger partial charge < -0.3 is 28.9 Å². The van der Waals surface area contributed by atoms with Crippen LogP contribution in [0.2, 0.25) is 0 Å². The van der Waals surface area contributed by atoms with Crippen LogP contribution in [0, 0.1) is 0 Å². The molecule has 6 rings (SSSR count). The maximum absolute atomic E-state index is 13.9. The Bertz CT molecular complexity index is 1440. The van der Waals surface area contributed by atoms with Crippen LogP contribution in [0.4, 0.5) is 0 Å². The SMILES string of the molecule is O=C(CCC1=CCCC=C1)N1CCC(O)(Cn2cc(C(=O)N3CCC4(CC3)OCCO4)c(-c3ccccc3)cc2=O)CC1. The molecule has 9 nitrogen and oxygen atoms in total. The monoisotopic (exact) mass is 587 g/mol. The Morgan fingerprint density at radius 3 is 2.28 bits per heavy atom. The van der Waals surface area contributed by atoms with Gasteiger partial charge in [-0.2, -0.15) is 0 Å². The second kappa shape index (κ2) is 12.6. The summed E-state index contributed by atoms with van der Waals surface area (Å²) in [6.07, 6.45) is 13.3. The number of ether oxygens (including phenoxy) is 2. The van der Waals surface area contributed by atoms with Crippen LogP contribution in [0.25, 0.3) is 11.1 Å². The molecule has 0 atom stereocenters. The normalized spacial score (nSPS) is 21.2. The Labute approximate surface area is 252 Å². The third-order valence-corrected chi connectivity index (χ3v) is 9.28. The van der Waals surface area contributed by atoms with Gasteiger partial charge in [0, 0.05) is 63.3 Å². The fourth-order valence-corrected chi connectivity index (χ4v) is 6.64. The van der Waals surface area contributed by atoms with E-state index in [9.17, 15) is 19.5 Å². The summed E-state index contributed by atoms with van der Waals surface area (Å²) in [7, 11) is 0. The predicted octanol–water partition coefficient (Wildman–Crippen LogP) is 3.90. The van der Waals surface area contributed by atoms with Crippen LogP contribution in [0.5, 0.6) is 0 Å². The van der Waals surface area contributed by atoms with Gasteiger partial charge in [-0.3, -0.25) is 14.4 Å². The second-order valence-electron chi connectivity index (χ2n) is 12.2. The van der Waals surface area contributed by atoms with Crippen LogP contribution in [0.3, 0.4) is 0 Å². The van der Waals surface area contributed by atoms with Gasteiger partial charge in [-0.1, -0.05) is 54.1 Å². The number of piperidine rings is 2. The number of aliphatic hydroxyl groups is 1. The average Bonchev–Trinajstić information content (AvgIpc) is 3.49. The average molecular weight is 588 g/mol. The van der Waals surface area contributed by atoms with Crippen LogP contribution in [0.1, 0.15) is 61.7 Å². The second-order valence-corrected chi connectivity index (χ2v) is 12.2. The minimum atomic E-state index is -1.15. The highest BCUT2D eigenvalue weighted by molar-refractivity contribution is 6.00. The lowest BCUT2D eigenvalue weighted by molar-refractivity contribution is -0.181. The number of amides is 2. The molecule has 3 saturated heterocycles. The van der Waals surface area contributed by atoms with Crippen molar-refractivity contribution in [2.24, 2.45) is 0 Å². The molecule has 43 heavy (non-hydrogen) atoms. The summed E-state index contributed by atoms with van der Waals surface area (Å²) < 4.78 is 13.1. The molecule has 0 radical (unpaired) electrons. The molecule has 0 saturated carbocycles. The summed E-state index contributed by atoms with van der Waals surface area (Å²) in [5.74, 6) is -0.659. The topological polar surface area (TPSA) is 101 Å². The van der Waals surface area contributed by atoms with Crippen molar-refractivity contribution in [2.75, 3.05) is 39.4 Å². The molecule has 1 aromatic heterocycles. The number of carbonyl (C=O) groups excluding carboxylic acids is 2. The van der Waals surface area contributed by atoms with Gasteiger partial charge in [-0.05, 0) is 37.7 Å². The van der Waals surface area contributed by atoms with Gasteiger partial charge in [-0.25, -0.2) is 0 Å². The summed E-state index contributed by atoms with van der Waals surface area (Å²) in [6, 6.07) is 11.0. The van der Waals surface area contributed by atoms with Gasteiger partial charge in [0.15, 0.2) is 5.79 Å². The largest absolute Gasteiger partial charge is 0.388 e. The molecule has 9 heteroatoms. The summed E-state index contributed by atoms with van der Waals surface area (Å²) in [4.78, 5) is 43.8. The van der Waals surface area contributed by atoms with Crippen molar-refractivity contribution in [2.45, 2.75) is 69.3 Å². The van der Waals surface area contributed by atoms with Crippen LogP contribution in [0.15, 0.2) is 71.2 Å². The number of likely N-dealkylation sites (tertiary alicyclic amines) is 2. The molecule has 1 aliphatic carbocycles. The van der Waals surface area contributed by atoms with E-state index in [1.54, 1.807) is 11.1 Å². The Morgan fingerprint density at radius 2 is 1.60 bits per heavy atom. The molecule has 2 aromatic rings. The van der Waals surface area contributed by atoms with Crippen molar-refractivity contribution >= 4 is 11.8 Å². The van der Waals surface area contributed by atoms with E-state index in [-0.39, 0.29) is 23.9 Å². The smallest absolute Gasteiger partial charge is 0.255 e. The molecule has 4 heterocycles. The number of benzene rings is 1. The molecule has 1 spiro atoms. The molecule has 228 valence electrons. The van der Waals surface area contributed by atoms with E-state index < -0.39 is 11.4 Å². The molecular weight excluding hydrogens is 546 g/mol. The van der Waals surface area contributed by atoms with Gasteiger partial charge in [-0.15, -0.1) is 0 Å². The van der Waals surface area contributed by atoms with Crippen molar-refractivity contribution in [1.29, 1.82) is 0 Å². The number of hydrogen-bond donors (Lipinski definition) is 1. The third kappa shape index (κ3) is 6.69. The maximum atomic E-state index is 13.9.